The SMILES string of the molecule is CC1(c2cccc(-c3noc(-c4ccc5c(c4)SCC(=O)N5)n3)c2)NC(=O)NC1=O. The van der Waals surface area contributed by atoms with E-state index in [0.717, 1.165) is 16.1 Å². The summed E-state index contributed by atoms with van der Waals surface area (Å²) in [7, 11) is 0. The van der Waals surface area contributed by atoms with Crippen molar-refractivity contribution in [2.45, 2.75) is 17.4 Å². The molecule has 1 aromatic heterocycles. The Morgan fingerprint density at radius 3 is 2.73 bits per heavy atom. The summed E-state index contributed by atoms with van der Waals surface area (Å²) >= 11 is 1.45. The third-order valence-corrected chi connectivity index (χ3v) is 6.09. The standard InChI is InChI=1S/C20H15N5O4S/c1-20(18(27)23-19(28)24-20)12-4-2-3-10(7-12)16-22-17(29-25-16)11-5-6-13-14(8-11)30-9-15(26)21-13/h2-8H,9H2,1H3,(H,21,26)(H2,23,24,27,28). The van der Waals surface area contributed by atoms with Crippen LogP contribution in [-0.2, 0) is 15.1 Å². The van der Waals surface area contributed by atoms with Gasteiger partial charge in [-0.3, -0.25) is 14.9 Å². The van der Waals surface area contributed by atoms with Crippen LogP contribution in [0.3, 0.4) is 0 Å². The number of aromatic nitrogens is 2. The normalized spacial score (nSPS) is 20.4. The Labute approximate surface area is 174 Å². The fourth-order valence-electron chi connectivity index (χ4n) is 3.38. The van der Waals surface area contributed by atoms with Gasteiger partial charge in [0.15, 0.2) is 0 Å². The van der Waals surface area contributed by atoms with Crippen molar-refractivity contribution in [1.82, 2.24) is 20.8 Å². The van der Waals surface area contributed by atoms with Crippen molar-refractivity contribution < 1.29 is 18.9 Å². The van der Waals surface area contributed by atoms with Crippen molar-refractivity contribution in [3.63, 3.8) is 0 Å². The highest BCUT2D eigenvalue weighted by Gasteiger charge is 2.43. The van der Waals surface area contributed by atoms with E-state index in [-0.39, 0.29) is 5.91 Å². The number of imide groups is 1. The van der Waals surface area contributed by atoms with Crippen molar-refractivity contribution in [2.24, 2.45) is 0 Å². The zero-order chi connectivity index (χ0) is 20.9. The van der Waals surface area contributed by atoms with Gasteiger partial charge in [-0.25, -0.2) is 4.79 Å². The number of anilines is 1. The number of hydrogen-bond donors (Lipinski definition) is 3. The number of benzene rings is 2. The highest BCUT2D eigenvalue weighted by Crippen LogP contribution is 2.35. The van der Waals surface area contributed by atoms with Gasteiger partial charge in [0.25, 0.3) is 11.8 Å². The van der Waals surface area contributed by atoms with Crippen molar-refractivity contribution >= 4 is 35.3 Å². The van der Waals surface area contributed by atoms with Gasteiger partial charge in [0, 0.05) is 16.0 Å². The van der Waals surface area contributed by atoms with Gasteiger partial charge in [0.1, 0.15) is 5.54 Å². The number of carbonyl (C=O) groups is 3. The lowest BCUT2D eigenvalue weighted by atomic mass is 9.91. The summed E-state index contributed by atoms with van der Waals surface area (Å²) in [6, 6.07) is 12.0. The van der Waals surface area contributed by atoms with Gasteiger partial charge in [-0.1, -0.05) is 23.4 Å². The van der Waals surface area contributed by atoms with E-state index in [0.29, 0.717) is 28.6 Å². The first-order chi connectivity index (χ1) is 14.4. The largest absolute Gasteiger partial charge is 0.334 e. The predicted octanol–water partition coefficient (Wildman–Crippen LogP) is 2.50. The molecule has 1 fully saturated rings. The number of carbonyl (C=O) groups excluding carboxylic acids is 3. The van der Waals surface area contributed by atoms with Crippen molar-refractivity contribution in [1.29, 1.82) is 0 Å². The molecule has 3 N–H and O–H groups in total. The minimum absolute atomic E-state index is 0.0268. The number of fused-ring (bicyclic) bond motifs is 1. The molecule has 3 heterocycles. The summed E-state index contributed by atoms with van der Waals surface area (Å²) in [6.45, 7) is 1.64. The van der Waals surface area contributed by atoms with Gasteiger partial charge in [0.2, 0.25) is 11.7 Å². The first kappa shape index (κ1) is 18.4. The zero-order valence-electron chi connectivity index (χ0n) is 15.7. The maximum absolute atomic E-state index is 12.2. The lowest BCUT2D eigenvalue weighted by Crippen LogP contribution is -2.40. The van der Waals surface area contributed by atoms with Crippen LogP contribution in [0.4, 0.5) is 10.5 Å². The van der Waals surface area contributed by atoms with Gasteiger partial charge >= 0.3 is 6.03 Å². The molecule has 30 heavy (non-hydrogen) atoms. The van der Waals surface area contributed by atoms with Crippen LogP contribution in [0.1, 0.15) is 12.5 Å². The van der Waals surface area contributed by atoms with Crippen LogP contribution in [-0.4, -0.2) is 33.7 Å². The molecule has 10 heteroatoms. The fraction of sp³-hybridized carbons (Fsp3) is 0.150. The number of amides is 4. The van der Waals surface area contributed by atoms with Gasteiger partial charge in [-0.2, -0.15) is 4.98 Å². The molecule has 150 valence electrons. The van der Waals surface area contributed by atoms with E-state index in [2.05, 4.69) is 26.1 Å². The molecule has 3 aromatic rings. The fourth-order valence-corrected chi connectivity index (χ4v) is 4.23. The Kier molecular flexibility index (Phi) is 4.10. The van der Waals surface area contributed by atoms with E-state index in [4.69, 9.17) is 4.52 Å². The van der Waals surface area contributed by atoms with Crippen LogP contribution in [0.15, 0.2) is 51.9 Å². The molecule has 1 atom stereocenters. The van der Waals surface area contributed by atoms with Crippen molar-refractivity contribution in [3.8, 4) is 22.8 Å². The minimum atomic E-state index is -1.17. The second-order valence-corrected chi connectivity index (χ2v) is 8.10. The average molecular weight is 421 g/mol. The van der Waals surface area contributed by atoms with Crippen LogP contribution in [0.5, 0.6) is 0 Å². The van der Waals surface area contributed by atoms with E-state index < -0.39 is 17.5 Å². The molecule has 1 saturated heterocycles. The van der Waals surface area contributed by atoms with E-state index >= 15 is 0 Å². The Bertz CT molecular complexity index is 1220. The Morgan fingerprint density at radius 1 is 1.07 bits per heavy atom. The summed E-state index contributed by atoms with van der Waals surface area (Å²) < 4.78 is 5.44. The number of rotatable bonds is 3. The highest BCUT2D eigenvalue weighted by molar-refractivity contribution is 8.00. The molecule has 0 spiro atoms. The molecule has 0 saturated carbocycles. The predicted molar refractivity (Wildman–Crippen MR) is 109 cm³/mol. The number of nitrogens with zero attached hydrogens (tertiary/aromatic N) is 2. The number of urea groups is 1. The summed E-state index contributed by atoms with van der Waals surface area (Å²) in [5.74, 6) is 0.618. The lowest BCUT2D eigenvalue weighted by molar-refractivity contribution is -0.123. The average Bonchev–Trinajstić information content (AvgIpc) is 3.33. The molecule has 0 radical (unpaired) electrons. The summed E-state index contributed by atoms with van der Waals surface area (Å²) in [4.78, 5) is 40.7. The third kappa shape index (κ3) is 3.01. The Hall–Kier alpha value is -3.66. The van der Waals surface area contributed by atoms with Crippen LogP contribution in [0, 0.1) is 0 Å². The van der Waals surface area contributed by atoms with Crippen LogP contribution in [0.2, 0.25) is 0 Å². The van der Waals surface area contributed by atoms with E-state index in [1.165, 1.54) is 11.8 Å². The van der Waals surface area contributed by atoms with Crippen molar-refractivity contribution in [2.75, 3.05) is 11.1 Å². The molecule has 0 bridgehead atoms. The molecular formula is C20H15N5O4S. The minimum Gasteiger partial charge on any atom is -0.334 e. The Morgan fingerprint density at radius 2 is 1.93 bits per heavy atom. The number of nitrogens with one attached hydrogen (secondary N) is 3. The second kappa shape index (κ2) is 6.70. The van der Waals surface area contributed by atoms with Crippen LogP contribution >= 0.6 is 11.8 Å². The Balaban J connectivity index is 1.46. The maximum Gasteiger partial charge on any atom is 0.322 e. The first-order valence-electron chi connectivity index (χ1n) is 9.08. The van der Waals surface area contributed by atoms with Crippen molar-refractivity contribution in [3.05, 3.63) is 48.0 Å². The van der Waals surface area contributed by atoms with E-state index in [1.807, 2.05) is 6.07 Å². The molecule has 2 aliphatic heterocycles. The lowest BCUT2D eigenvalue weighted by Gasteiger charge is -2.21. The second-order valence-electron chi connectivity index (χ2n) is 7.08. The van der Waals surface area contributed by atoms with Crippen LogP contribution < -0.4 is 16.0 Å². The number of thioether (sulfide) groups is 1. The third-order valence-electron chi connectivity index (χ3n) is 5.03. The van der Waals surface area contributed by atoms with Gasteiger partial charge in [-0.05, 0) is 36.8 Å². The molecule has 0 aliphatic carbocycles. The van der Waals surface area contributed by atoms with E-state index in [1.54, 1.807) is 43.3 Å². The molecular weight excluding hydrogens is 406 g/mol. The summed E-state index contributed by atoms with van der Waals surface area (Å²) in [6.07, 6.45) is 0. The topological polar surface area (TPSA) is 126 Å². The zero-order valence-corrected chi connectivity index (χ0v) is 16.5. The maximum atomic E-state index is 12.2. The molecule has 2 aromatic carbocycles. The van der Waals surface area contributed by atoms with E-state index in [9.17, 15) is 14.4 Å². The molecule has 2 aliphatic rings. The highest BCUT2D eigenvalue weighted by atomic mass is 32.2. The van der Waals surface area contributed by atoms with Gasteiger partial charge in [0.05, 0.1) is 11.4 Å². The van der Waals surface area contributed by atoms with Gasteiger partial charge in [-0.15, -0.1) is 11.8 Å². The molecule has 4 amide bonds. The van der Waals surface area contributed by atoms with Gasteiger partial charge < -0.3 is 15.2 Å². The monoisotopic (exact) mass is 421 g/mol. The molecule has 1 unspecified atom stereocenters. The van der Waals surface area contributed by atoms with Crippen LogP contribution in [0.25, 0.3) is 22.8 Å². The first-order valence-corrected chi connectivity index (χ1v) is 10.1. The summed E-state index contributed by atoms with van der Waals surface area (Å²) in [5.41, 5.74) is 1.59. The number of hydrogen-bond acceptors (Lipinski definition) is 7. The molecule has 9 nitrogen and oxygen atoms in total. The smallest absolute Gasteiger partial charge is 0.322 e. The molecule has 5 rings (SSSR count). The quantitative estimate of drug-likeness (QED) is 0.555. The summed E-state index contributed by atoms with van der Waals surface area (Å²) in [5, 5.41) is 11.8.